The van der Waals surface area contributed by atoms with Crippen LogP contribution in [0.2, 0.25) is 0 Å². The maximum Gasteiger partial charge on any atom is 0.216 e. The standard InChI is InChI=1S/C14H10N4O/c19-14(13-9-15-6-7-16-13)11-8-17-18(10-11)12-4-2-1-3-5-12/h1-10H. The van der Waals surface area contributed by atoms with E-state index in [4.69, 9.17) is 0 Å². The summed E-state index contributed by atoms with van der Waals surface area (Å²) in [6.45, 7) is 0. The van der Waals surface area contributed by atoms with E-state index in [0.29, 0.717) is 11.3 Å². The molecule has 92 valence electrons. The first-order valence-electron chi connectivity index (χ1n) is 5.75. The Balaban J connectivity index is 1.92. The molecular formula is C14H10N4O. The van der Waals surface area contributed by atoms with Crippen molar-refractivity contribution < 1.29 is 4.79 Å². The molecule has 0 aliphatic rings. The molecule has 0 saturated carbocycles. The Morgan fingerprint density at radius 2 is 1.89 bits per heavy atom. The molecule has 3 rings (SSSR count). The van der Waals surface area contributed by atoms with Crippen LogP contribution in [0, 0.1) is 0 Å². The van der Waals surface area contributed by atoms with Crippen molar-refractivity contribution in [3.63, 3.8) is 0 Å². The molecule has 0 N–H and O–H groups in total. The first kappa shape index (κ1) is 11.3. The summed E-state index contributed by atoms with van der Waals surface area (Å²) in [6.07, 6.45) is 7.69. The molecule has 0 aliphatic carbocycles. The minimum absolute atomic E-state index is 0.185. The minimum atomic E-state index is -0.185. The molecule has 0 fully saturated rings. The fourth-order valence-corrected chi connectivity index (χ4v) is 1.73. The van der Waals surface area contributed by atoms with Gasteiger partial charge < -0.3 is 0 Å². The van der Waals surface area contributed by atoms with Crippen LogP contribution in [0.25, 0.3) is 5.69 Å². The van der Waals surface area contributed by atoms with Crippen molar-refractivity contribution >= 4 is 5.78 Å². The number of hydrogen-bond donors (Lipinski definition) is 0. The lowest BCUT2D eigenvalue weighted by atomic mass is 10.2. The average molecular weight is 250 g/mol. The molecule has 2 aromatic heterocycles. The van der Waals surface area contributed by atoms with E-state index in [1.165, 1.54) is 24.8 Å². The monoisotopic (exact) mass is 250 g/mol. The third-order valence-electron chi connectivity index (χ3n) is 2.66. The topological polar surface area (TPSA) is 60.7 Å². The molecule has 1 aromatic carbocycles. The van der Waals surface area contributed by atoms with Crippen molar-refractivity contribution in [1.29, 1.82) is 0 Å². The number of hydrogen-bond acceptors (Lipinski definition) is 4. The molecule has 0 aliphatic heterocycles. The Morgan fingerprint density at radius 1 is 1.05 bits per heavy atom. The smallest absolute Gasteiger partial charge is 0.216 e. The molecule has 0 unspecified atom stereocenters. The molecule has 0 radical (unpaired) electrons. The summed E-state index contributed by atoms with van der Waals surface area (Å²) < 4.78 is 1.66. The normalized spacial score (nSPS) is 10.3. The van der Waals surface area contributed by atoms with Crippen molar-refractivity contribution in [3.8, 4) is 5.69 Å². The number of ketones is 1. The summed E-state index contributed by atoms with van der Waals surface area (Å²) >= 11 is 0. The highest BCUT2D eigenvalue weighted by atomic mass is 16.1. The van der Waals surface area contributed by atoms with E-state index in [2.05, 4.69) is 15.1 Å². The van der Waals surface area contributed by atoms with Crippen molar-refractivity contribution in [2.45, 2.75) is 0 Å². The third kappa shape index (κ3) is 2.26. The zero-order valence-corrected chi connectivity index (χ0v) is 9.97. The van der Waals surface area contributed by atoms with E-state index >= 15 is 0 Å². The van der Waals surface area contributed by atoms with Crippen LogP contribution in [-0.4, -0.2) is 25.5 Å². The maximum atomic E-state index is 12.1. The van der Waals surface area contributed by atoms with E-state index in [-0.39, 0.29) is 5.78 Å². The SMILES string of the molecule is O=C(c1cnn(-c2ccccc2)c1)c1cnccn1. The molecule has 19 heavy (non-hydrogen) atoms. The van der Waals surface area contributed by atoms with Crippen molar-refractivity contribution in [3.05, 3.63) is 72.6 Å². The highest BCUT2D eigenvalue weighted by Gasteiger charge is 2.13. The van der Waals surface area contributed by atoms with Gasteiger partial charge in [0.15, 0.2) is 0 Å². The summed E-state index contributed by atoms with van der Waals surface area (Å²) in [5.41, 5.74) is 1.71. The molecule has 0 bridgehead atoms. The summed E-state index contributed by atoms with van der Waals surface area (Å²) in [5, 5.41) is 4.18. The van der Waals surface area contributed by atoms with Crippen LogP contribution in [0.5, 0.6) is 0 Å². The zero-order chi connectivity index (χ0) is 13.1. The van der Waals surface area contributed by atoms with Gasteiger partial charge in [-0.15, -0.1) is 0 Å². The predicted octanol–water partition coefficient (Wildman–Crippen LogP) is 1.89. The Kier molecular flexibility index (Phi) is 2.86. The third-order valence-corrected chi connectivity index (χ3v) is 2.66. The molecule has 5 heteroatoms. The maximum absolute atomic E-state index is 12.1. The lowest BCUT2D eigenvalue weighted by Crippen LogP contribution is -2.03. The first-order chi connectivity index (χ1) is 9.34. The van der Waals surface area contributed by atoms with Crippen LogP contribution < -0.4 is 0 Å². The second-order valence-electron chi connectivity index (χ2n) is 3.93. The summed E-state index contributed by atoms with van der Waals surface area (Å²) in [6, 6.07) is 9.61. The van der Waals surface area contributed by atoms with E-state index in [1.54, 1.807) is 10.9 Å². The van der Waals surface area contributed by atoms with Gasteiger partial charge in [0, 0.05) is 18.6 Å². The predicted molar refractivity (Wildman–Crippen MR) is 69.0 cm³/mol. The number of nitrogens with zero attached hydrogens (tertiary/aromatic N) is 4. The van der Waals surface area contributed by atoms with Crippen LogP contribution in [0.15, 0.2) is 61.3 Å². The van der Waals surface area contributed by atoms with Gasteiger partial charge in [0.25, 0.3) is 0 Å². The zero-order valence-electron chi connectivity index (χ0n) is 9.97. The van der Waals surface area contributed by atoms with Crippen molar-refractivity contribution in [1.82, 2.24) is 19.7 Å². The van der Waals surface area contributed by atoms with Crippen LogP contribution in [0.1, 0.15) is 16.1 Å². The lowest BCUT2D eigenvalue weighted by molar-refractivity contribution is 0.103. The van der Waals surface area contributed by atoms with Gasteiger partial charge in [-0.2, -0.15) is 5.10 Å². The molecule has 0 spiro atoms. The Bertz CT molecular complexity index is 692. The van der Waals surface area contributed by atoms with Crippen LogP contribution >= 0.6 is 0 Å². The molecule has 3 aromatic rings. The van der Waals surface area contributed by atoms with E-state index in [0.717, 1.165) is 5.69 Å². The molecule has 0 amide bonds. The first-order valence-corrected chi connectivity index (χ1v) is 5.75. The van der Waals surface area contributed by atoms with Gasteiger partial charge in [0.2, 0.25) is 5.78 Å². The van der Waals surface area contributed by atoms with E-state index in [9.17, 15) is 4.79 Å². The molecule has 2 heterocycles. The molecule has 0 atom stereocenters. The second kappa shape index (κ2) is 4.81. The van der Waals surface area contributed by atoms with E-state index < -0.39 is 0 Å². The van der Waals surface area contributed by atoms with Gasteiger partial charge in [0.05, 0.1) is 23.6 Å². The molecular weight excluding hydrogens is 240 g/mol. The van der Waals surface area contributed by atoms with Gasteiger partial charge in [0.1, 0.15) is 5.69 Å². The van der Waals surface area contributed by atoms with Crippen molar-refractivity contribution in [2.24, 2.45) is 0 Å². The quantitative estimate of drug-likeness (QED) is 0.666. The highest BCUT2D eigenvalue weighted by Crippen LogP contribution is 2.10. The van der Waals surface area contributed by atoms with Gasteiger partial charge in [-0.1, -0.05) is 18.2 Å². The Hall–Kier alpha value is -2.82. The fraction of sp³-hybridized carbons (Fsp3) is 0. The Labute approximate surface area is 109 Å². The number of benzene rings is 1. The molecule has 5 nitrogen and oxygen atoms in total. The summed E-state index contributed by atoms with van der Waals surface area (Å²) in [5.74, 6) is -0.185. The largest absolute Gasteiger partial charge is 0.287 e. The number of aromatic nitrogens is 4. The summed E-state index contributed by atoms with van der Waals surface area (Å²) in [7, 11) is 0. The Morgan fingerprint density at radius 3 is 2.63 bits per heavy atom. The second-order valence-corrected chi connectivity index (χ2v) is 3.93. The van der Waals surface area contributed by atoms with Gasteiger partial charge >= 0.3 is 0 Å². The lowest BCUT2D eigenvalue weighted by Gasteiger charge is -1.99. The summed E-state index contributed by atoms with van der Waals surface area (Å²) in [4.78, 5) is 20.0. The highest BCUT2D eigenvalue weighted by molar-refractivity contribution is 6.07. The van der Waals surface area contributed by atoms with E-state index in [1.807, 2.05) is 30.3 Å². The number of carbonyl (C=O) groups is 1. The van der Waals surface area contributed by atoms with Gasteiger partial charge in [-0.25, -0.2) is 9.67 Å². The van der Waals surface area contributed by atoms with Crippen LogP contribution in [0.4, 0.5) is 0 Å². The van der Waals surface area contributed by atoms with Gasteiger partial charge in [-0.05, 0) is 12.1 Å². The van der Waals surface area contributed by atoms with Crippen LogP contribution in [0.3, 0.4) is 0 Å². The fourth-order valence-electron chi connectivity index (χ4n) is 1.73. The minimum Gasteiger partial charge on any atom is -0.287 e. The number of para-hydroxylation sites is 1. The van der Waals surface area contributed by atoms with Gasteiger partial charge in [-0.3, -0.25) is 9.78 Å². The number of rotatable bonds is 3. The number of carbonyl (C=O) groups excluding carboxylic acids is 1. The molecule has 0 saturated heterocycles. The average Bonchev–Trinajstić information content (AvgIpc) is 2.98. The van der Waals surface area contributed by atoms with Crippen LogP contribution in [-0.2, 0) is 0 Å². The van der Waals surface area contributed by atoms with Crippen molar-refractivity contribution in [2.75, 3.05) is 0 Å².